The van der Waals surface area contributed by atoms with Crippen molar-refractivity contribution in [1.82, 2.24) is 0 Å². The van der Waals surface area contributed by atoms with Gasteiger partial charge in [-0.05, 0) is 6.42 Å². The first-order chi connectivity index (χ1) is 11.1. The van der Waals surface area contributed by atoms with Crippen molar-refractivity contribution in [2.45, 2.75) is 95.4 Å². The second kappa shape index (κ2) is 12.2. The number of unbranched alkanes of at least 4 members (excludes halogenated alkanes) is 8. The highest BCUT2D eigenvalue weighted by molar-refractivity contribution is 4.88. The van der Waals surface area contributed by atoms with Crippen LogP contribution in [0, 0.1) is 0 Å². The Bertz CT molecular complexity index is 286. The van der Waals surface area contributed by atoms with Gasteiger partial charge in [0.15, 0.2) is 6.29 Å². The molecule has 23 heavy (non-hydrogen) atoms. The molecule has 0 radical (unpaired) electrons. The van der Waals surface area contributed by atoms with E-state index in [9.17, 15) is 15.3 Å². The molecule has 0 unspecified atom stereocenters. The molecule has 6 nitrogen and oxygen atoms in total. The summed E-state index contributed by atoms with van der Waals surface area (Å²) in [5.41, 5.74) is 0. The van der Waals surface area contributed by atoms with Crippen LogP contribution in [-0.4, -0.2) is 64.3 Å². The lowest BCUT2D eigenvalue weighted by molar-refractivity contribution is -0.301. The molecule has 0 saturated carbocycles. The number of hydrogen-bond acceptors (Lipinski definition) is 6. The summed E-state index contributed by atoms with van der Waals surface area (Å²) < 4.78 is 10.7. The van der Waals surface area contributed by atoms with Gasteiger partial charge in [0.25, 0.3) is 0 Å². The molecular weight excluding hydrogens is 300 g/mol. The molecule has 1 rings (SSSR count). The zero-order chi connectivity index (χ0) is 17.1. The largest absolute Gasteiger partial charge is 0.394 e. The quantitative estimate of drug-likeness (QED) is 0.402. The second-order valence-electron chi connectivity index (χ2n) is 6.40. The second-order valence-corrected chi connectivity index (χ2v) is 6.40. The molecule has 0 spiro atoms. The van der Waals surface area contributed by atoms with Gasteiger partial charge >= 0.3 is 0 Å². The fraction of sp³-hybridized carbons (Fsp3) is 1.00. The third kappa shape index (κ3) is 7.45. The van der Waals surface area contributed by atoms with Crippen molar-refractivity contribution in [2.24, 2.45) is 0 Å². The third-order valence-electron chi connectivity index (χ3n) is 4.38. The average Bonchev–Trinajstić information content (AvgIpc) is 2.56. The van der Waals surface area contributed by atoms with Crippen LogP contribution in [0.15, 0.2) is 0 Å². The summed E-state index contributed by atoms with van der Waals surface area (Å²) in [5.74, 6) is 0. The van der Waals surface area contributed by atoms with Crippen molar-refractivity contribution in [1.29, 1.82) is 0 Å². The Labute approximate surface area is 139 Å². The van der Waals surface area contributed by atoms with E-state index in [2.05, 4.69) is 6.92 Å². The minimum Gasteiger partial charge on any atom is -0.394 e. The van der Waals surface area contributed by atoms with Gasteiger partial charge in [-0.1, -0.05) is 58.3 Å². The maximum atomic E-state index is 9.82. The van der Waals surface area contributed by atoms with Gasteiger partial charge in [-0.3, -0.25) is 0 Å². The van der Waals surface area contributed by atoms with Crippen LogP contribution in [0.2, 0.25) is 0 Å². The summed E-state index contributed by atoms with van der Waals surface area (Å²) >= 11 is 0. The van der Waals surface area contributed by atoms with Gasteiger partial charge < -0.3 is 29.9 Å². The topological polar surface area (TPSA) is 99.4 Å². The van der Waals surface area contributed by atoms with E-state index < -0.39 is 37.3 Å². The van der Waals surface area contributed by atoms with Crippen LogP contribution in [-0.2, 0) is 9.47 Å². The highest BCUT2D eigenvalue weighted by atomic mass is 16.7. The summed E-state index contributed by atoms with van der Waals surface area (Å²) in [6.45, 7) is 2.22. The normalized spacial score (nSPS) is 31.4. The van der Waals surface area contributed by atoms with Gasteiger partial charge in [0.05, 0.1) is 6.61 Å². The van der Waals surface area contributed by atoms with E-state index >= 15 is 0 Å². The standard InChI is InChI=1S/C17H34O6/c1-2-3-4-5-6-7-8-9-10-11-22-17-16(21)15(20)14(19)13(12-18)23-17/h13-21H,2-12H2,1H3/t13-,14+,15+,16-,17-/m0/s1. The summed E-state index contributed by atoms with van der Waals surface area (Å²) in [6, 6.07) is 0. The molecule has 1 aliphatic rings. The third-order valence-corrected chi connectivity index (χ3v) is 4.38. The molecule has 0 aromatic carbocycles. The van der Waals surface area contributed by atoms with Gasteiger partial charge in [-0.25, -0.2) is 0 Å². The van der Waals surface area contributed by atoms with E-state index in [4.69, 9.17) is 14.6 Å². The van der Waals surface area contributed by atoms with Crippen LogP contribution < -0.4 is 0 Å². The summed E-state index contributed by atoms with van der Waals surface area (Å²) in [5, 5.41) is 38.2. The van der Waals surface area contributed by atoms with Crippen LogP contribution >= 0.6 is 0 Å². The molecule has 1 saturated heterocycles. The molecule has 0 aliphatic carbocycles. The first kappa shape index (κ1) is 20.8. The molecule has 0 bridgehead atoms. The Morgan fingerprint density at radius 1 is 0.783 bits per heavy atom. The zero-order valence-electron chi connectivity index (χ0n) is 14.3. The monoisotopic (exact) mass is 334 g/mol. The predicted molar refractivity (Wildman–Crippen MR) is 86.9 cm³/mol. The molecule has 0 aromatic rings. The Morgan fingerprint density at radius 3 is 1.91 bits per heavy atom. The number of aliphatic hydroxyl groups excluding tert-OH is 4. The highest BCUT2D eigenvalue weighted by Gasteiger charge is 2.43. The van der Waals surface area contributed by atoms with Gasteiger partial charge in [0.1, 0.15) is 24.4 Å². The fourth-order valence-electron chi connectivity index (χ4n) is 2.82. The Hall–Kier alpha value is -0.240. The first-order valence-electron chi connectivity index (χ1n) is 9.04. The lowest BCUT2D eigenvalue weighted by Crippen LogP contribution is -2.59. The Kier molecular flexibility index (Phi) is 11.0. The first-order valence-corrected chi connectivity index (χ1v) is 9.04. The van der Waals surface area contributed by atoms with Crippen LogP contribution in [0.25, 0.3) is 0 Å². The van der Waals surface area contributed by atoms with E-state index in [1.54, 1.807) is 0 Å². The number of rotatable bonds is 12. The summed E-state index contributed by atoms with van der Waals surface area (Å²) in [7, 11) is 0. The van der Waals surface area contributed by atoms with E-state index in [0.717, 1.165) is 12.8 Å². The molecule has 0 aromatic heterocycles. The van der Waals surface area contributed by atoms with E-state index in [0.29, 0.717) is 6.61 Å². The zero-order valence-corrected chi connectivity index (χ0v) is 14.3. The van der Waals surface area contributed by atoms with Crippen molar-refractivity contribution in [3.63, 3.8) is 0 Å². The molecular formula is C17H34O6. The minimum absolute atomic E-state index is 0.428. The fourth-order valence-corrected chi connectivity index (χ4v) is 2.82. The van der Waals surface area contributed by atoms with Crippen LogP contribution in [0.5, 0.6) is 0 Å². The van der Waals surface area contributed by atoms with Crippen LogP contribution in [0.1, 0.15) is 64.7 Å². The van der Waals surface area contributed by atoms with Gasteiger partial charge in [0.2, 0.25) is 0 Å². The van der Waals surface area contributed by atoms with Crippen molar-refractivity contribution < 1.29 is 29.9 Å². The van der Waals surface area contributed by atoms with Crippen molar-refractivity contribution in [3.05, 3.63) is 0 Å². The van der Waals surface area contributed by atoms with E-state index in [1.165, 1.54) is 44.9 Å². The molecule has 1 heterocycles. The van der Waals surface area contributed by atoms with Gasteiger partial charge in [-0.15, -0.1) is 0 Å². The number of ether oxygens (including phenoxy) is 2. The van der Waals surface area contributed by atoms with E-state index in [1.807, 2.05) is 0 Å². The minimum atomic E-state index is -1.37. The molecule has 1 fully saturated rings. The molecule has 4 N–H and O–H groups in total. The SMILES string of the molecule is CCCCCCCCCCCO[C@H]1O[C@@H](CO)[C@@H](O)[C@@H](O)[C@@H]1O. The number of hydrogen-bond donors (Lipinski definition) is 4. The molecule has 0 amide bonds. The molecule has 138 valence electrons. The smallest absolute Gasteiger partial charge is 0.186 e. The Balaban J connectivity index is 2.06. The van der Waals surface area contributed by atoms with E-state index in [-0.39, 0.29) is 0 Å². The van der Waals surface area contributed by atoms with Crippen molar-refractivity contribution in [3.8, 4) is 0 Å². The molecule has 5 atom stereocenters. The van der Waals surface area contributed by atoms with Gasteiger partial charge in [0, 0.05) is 6.61 Å². The predicted octanol–water partition coefficient (Wildman–Crippen LogP) is 1.33. The van der Waals surface area contributed by atoms with Crippen LogP contribution in [0.3, 0.4) is 0 Å². The van der Waals surface area contributed by atoms with Gasteiger partial charge in [-0.2, -0.15) is 0 Å². The lowest BCUT2D eigenvalue weighted by atomic mass is 9.99. The van der Waals surface area contributed by atoms with Crippen molar-refractivity contribution >= 4 is 0 Å². The van der Waals surface area contributed by atoms with Crippen LogP contribution in [0.4, 0.5) is 0 Å². The maximum Gasteiger partial charge on any atom is 0.186 e. The maximum absolute atomic E-state index is 9.82. The lowest BCUT2D eigenvalue weighted by Gasteiger charge is -2.39. The summed E-state index contributed by atoms with van der Waals surface area (Å²) in [4.78, 5) is 0. The average molecular weight is 334 g/mol. The highest BCUT2D eigenvalue weighted by Crippen LogP contribution is 2.22. The molecule has 6 heteroatoms. The molecule has 1 aliphatic heterocycles. The summed E-state index contributed by atoms with van der Waals surface area (Å²) in [6.07, 6.45) is 4.97. The Morgan fingerprint density at radius 2 is 1.35 bits per heavy atom. The van der Waals surface area contributed by atoms with Crippen molar-refractivity contribution in [2.75, 3.05) is 13.2 Å². The number of aliphatic hydroxyl groups is 4.